The number of hydrogen-bond donors (Lipinski definition) is 0. The highest BCUT2D eigenvalue weighted by atomic mass is 35.5. The summed E-state index contributed by atoms with van der Waals surface area (Å²) in [4.78, 5) is 3.86. The van der Waals surface area contributed by atoms with Crippen LogP contribution in [-0.2, 0) is 6.54 Å². The van der Waals surface area contributed by atoms with Gasteiger partial charge >= 0.3 is 0 Å². The Morgan fingerprint density at radius 1 is 1.21 bits per heavy atom. The van der Waals surface area contributed by atoms with Gasteiger partial charge in [0.25, 0.3) is 0 Å². The second-order valence-corrected chi connectivity index (χ2v) is 3.16. The molecule has 0 saturated heterocycles. The second kappa shape index (κ2) is 4.98. The summed E-state index contributed by atoms with van der Waals surface area (Å²) >= 11 is 5.76. The number of nitrogens with zero attached hydrogens (tertiary/aromatic N) is 3. The quantitative estimate of drug-likeness (QED) is 0.793. The molecule has 74 valence electrons. The summed E-state index contributed by atoms with van der Waals surface area (Å²) in [6.45, 7) is 0.733. The van der Waals surface area contributed by atoms with E-state index in [4.69, 9.17) is 11.6 Å². The Balaban J connectivity index is 0.000000980. The van der Waals surface area contributed by atoms with Crippen molar-refractivity contribution in [2.45, 2.75) is 6.54 Å². The van der Waals surface area contributed by atoms with Crippen molar-refractivity contribution >= 4 is 24.0 Å². The van der Waals surface area contributed by atoms with Gasteiger partial charge in [0.2, 0.25) is 0 Å². The molecule has 0 fully saturated rings. The zero-order valence-corrected chi connectivity index (χ0v) is 8.87. The lowest BCUT2D eigenvalue weighted by molar-refractivity contribution is 0.685. The molecule has 3 nitrogen and oxygen atoms in total. The fraction of sp³-hybridized carbons (Fsp3) is 0.111. The molecule has 1 aromatic carbocycles. The first-order valence-electron chi connectivity index (χ1n) is 3.91. The van der Waals surface area contributed by atoms with Crippen molar-refractivity contribution in [2.75, 3.05) is 0 Å². The van der Waals surface area contributed by atoms with E-state index in [1.54, 1.807) is 11.0 Å². The van der Waals surface area contributed by atoms with Crippen LogP contribution in [0.1, 0.15) is 5.56 Å². The van der Waals surface area contributed by atoms with Crippen molar-refractivity contribution in [2.24, 2.45) is 0 Å². The lowest BCUT2D eigenvalue weighted by Gasteiger charge is -2.00. The van der Waals surface area contributed by atoms with Crippen LogP contribution in [0.3, 0.4) is 0 Å². The van der Waals surface area contributed by atoms with Crippen molar-refractivity contribution in [3.8, 4) is 0 Å². The molecule has 0 saturated carbocycles. The van der Waals surface area contributed by atoms with E-state index in [1.807, 2.05) is 24.3 Å². The molecule has 0 aliphatic rings. The number of halogens is 2. The Labute approximate surface area is 93.1 Å². The molecule has 0 atom stereocenters. The van der Waals surface area contributed by atoms with Gasteiger partial charge in [0.15, 0.2) is 0 Å². The molecule has 0 aliphatic carbocycles. The van der Waals surface area contributed by atoms with Crippen LogP contribution in [0, 0.1) is 0 Å². The highest BCUT2D eigenvalue weighted by Gasteiger charge is 1.94. The first-order valence-corrected chi connectivity index (χ1v) is 4.29. The molecule has 1 aromatic heterocycles. The second-order valence-electron chi connectivity index (χ2n) is 2.72. The van der Waals surface area contributed by atoms with E-state index in [0.29, 0.717) is 0 Å². The van der Waals surface area contributed by atoms with E-state index >= 15 is 0 Å². The van der Waals surface area contributed by atoms with E-state index in [1.165, 1.54) is 6.33 Å². The molecule has 0 amide bonds. The molecule has 2 rings (SSSR count). The molecule has 0 aliphatic heterocycles. The molecule has 0 spiro atoms. The van der Waals surface area contributed by atoms with E-state index in [2.05, 4.69) is 10.1 Å². The van der Waals surface area contributed by atoms with Gasteiger partial charge in [-0.05, 0) is 17.7 Å². The average molecular weight is 230 g/mol. The van der Waals surface area contributed by atoms with Crippen molar-refractivity contribution in [3.05, 3.63) is 47.5 Å². The number of rotatable bonds is 2. The summed E-state index contributed by atoms with van der Waals surface area (Å²) in [6, 6.07) is 7.69. The largest absolute Gasteiger partial charge is 0.249 e. The Bertz CT molecular complexity index is 369. The predicted octanol–water partition coefficient (Wildman–Crippen LogP) is 2.40. The van der Waals surface area contributed by atoms with E-state index < -0.39 is 0 Å². The summed E-state index contributed by atoms with van der Waals surface area (Å²) < 4.78 is 1.77. The van der Waals surface area contributed by atoms with Crippen LogP contribution in [-0.4, -0.2) is 14.8 Å². The summed E-state index contributed by atoms with van der Waals surface area (Å²) in [7, 11) is 0. The van der Waals surface area contributed by atoms with Crippen LogP contribution in [0.15, 0.2) is 36.9 Å². The minimum absolute atomic E-state index is 0. The lowest BCUT2D eigenvalue weighted by Crippen LogP contribution is -1.99. The normalized spacial score (nSPS) is 9.50. The third-order valence-electron chi connectivity index (χ3n) is 1.72. The zero-order valence-electron chi connectivity index (χ0n) is 7.30. The topological polar surface area (TPSA) is 30.7 Å². The maximum atomic E-state index is 5.76. The molecule has 14 heavy (non-hydrogen) atoms. The minimum Gasteiger partial charge on any atom is -0.249 e. The van der Waals surface area contributed by atoms with Crippen LogP contribution in [0.4, 0.5) is 0 Å². The lowest BCUT2D eigenvalue weighted by atomic mass is 10.2. The van der Waals surface area contributed by atoms with E-state index in [-0.39, 0.29) is 12.4 Å². The summed E-state index contributed by atoms with van der Waals surface area (Å²) in [5.41, 5.74) is 1.16. The van der Waals surface area contributed by atoms with Gasteiger partial charge in [0.05, 0.1) is 6.54 Å². The SMILES string of the molecule is Cl.Clc1ccc(Cn2cncn2)cc1. The van der Waals surface area contributed by atoms with Crippen LogP contribution >= 0.6 is 24.0 Å². The van der Waals surface area contributed by atoms with Crippen LogP contribution < -0.4 is 0 Å². The van der Waals surface area contributed by atoms with Crippen molar-refractivity contribution in [3.63, 3.8) is 0 Å². The molecule has 0 radical (unpaired) electrons. The number of benzene rings is 1. The number of hydrogen-bond acceptors (Lipinski definition) is 2. The van der Waals surface area contributed by atoms with Crippen LogP contribution in [0.5, 0.6) is 0 Å². The Morgan fingerprint density at radius 3 is 2.50 bits per heavy atom. The Hall–Kier alpha value is -1.06. The standard InChI is InChI=1S/C9H8ClN3.ClH/c10-9-3-1-8(2-4-9)5-13-7-11-6-12-13;/h1-4,6-7H,5H2;1H. The third-order valence-corrected chi connectivity index (χ3v) is 1.98. The highest BCUT2D eigenvalue weighted by molar-refractivity contribution is 6.30. The third kappa shape index (κ3) is 2.72. The molecular formula is C9H9Cl2N3. The Kier molecular flexibility index (Phi) is 3.92. The van der Waals surface area contributed by atoms with Crippen LogP contribution in [0.25, 0.3) is 0 Å². The average Bonchev–Trinajstić information content (AvgIpc) is 2.62. The minimum atomic E-state index is 0. The van der Waals surface area contributed by atoms with Crippen molar-refractivity contribution in [1.29, 1.82) is 0 Å². The predicted molar refractivity (Wildman–Crippen MR) is 57.8 cm³/mol. The van der Waals surface area contributed by atoms with Gasteiger partial charge in [0.1, 0.15) is 12.7 Å². The van der Waals surface area contributed by atoms with Crippen molar-refractivity contribution in [1.82, 2.24) is 14.8 Å². The van der Waals surface area contributed by atoms with Crippen LogP contribution in [0.2, 0.25) is 5.02 Å². The van der Waals surface area contributed by atoms with Gasteiger partial charge in [-0.1, -0.05) is 23.7 Å². The van der Waals surface area contributed by atoms with Gasteiger partial charge in [-0.2, -0.15) is 5.10 Å². The molecule has 5 heteroatoms. The molecule has 0 bridgehead atoms. The fourth-order valence-corrected chi connectivity index (χ4v) is 1.22. The maximum Gasteiger partial charge on any atom is 0.137 e. The maximum absolute atomic E-state index is 5.76. The first kappa shape index (κ1) is 11.0. The first-order chi connectivity index (χ1) is 6.34. The van der Waals surface area contributed by atoms with Crippen molar-refractivity contribution < 1.29 is 0 Å². The zero-order chi connectivity index (χ0) is 9.10. The smallest absolute Gasteiger partial charge is 0.137 e. The summed E-state index contributed by atoms with van der Waals surface area (Å²) in [6.07, 6.45) is 3.21. The molecular weight excluding hydrogens is 221 g/mol. The van der Waals surface area contributed by atoms with Gasteiger partial charge in [-0.3, -0.25) is 0 Å². The molecule has 0 unspecified atom stereocenters. The van der Waals surface area contributed by atoms with E-state index in [9.17, 15) is 0 Å². The van der Waals surface area contributed by atoms with Gasteiger partial charge in [-0.25, -0.2) is 9.67 Å². The van der Waals surface area contributed by atoms with Gasteiger partial charge in [-0.15, -0.1) is 12.4 Å². The summed E-state index contributed by atoms with van der Waals surface area (Å²) in [5.74, 6) is 0. The Morgan fingerprint density at radius 2 is 1.93 bits per heavy atom. The molecule has 2 aromatic rings. The monoisotopic (exact) mass is 229 g/mol. The van der Waals surface area contributed by atoms with Gasteiger partial charge in [0, 0.05) is 5.02 Å². The number of aromatic nitrogens is 3. The molecule has 1 heterocycles. The summed E-state index contributed by atoms with van der Waals surface area (Å²) in [5, 5.41) is 4.76. The fourth-order valence-electron chi connectivity index (χ4n) is 1.09. The van der Waals surface area contributed by atoms with E-state index in [0.717, 1.165) is 17.1 Å². The van der Waals surface area contributed by atoms with Gasteiger partial charge < -0.3 is 0 Å². The highest BCUT2D eigenvalue weighted by Crippen LogP contribution is 2.09. The molecule has 0 N–H and O–H groups in total.